The molecule has 21 heavy (non-hydrogen) atoms. The molecular formula is C18H18O2S. The van der Waals surface area contributed by atoms with Gasteiger partial charge in [-0.2, -0.15) is 0 Å². The highest BCUT2D eigenvalue weighted by Crippen LogP contribution is 2.22. The van der Waals surface area contributed by atoms with Gasteiger partial charge in [0.25, 0.3) is 0 Å². The molecule has 0 fully saturated rings. The Balaban J connectivity index is 1.97. The van der Waals surface area contributed by atoms with Crippen molar-refractivity contribution in [3.63, 3.8) is 0 Å². The highest BCUT2D eigenvalue weighted by atomic mass is 32.2. The van der Waals surface area contributed by atoms with Crippen molar-refractivity contribution in [2.24, 2.45) is 0 Å². The van der Waals surface area contributed by atoms with Gasteiger partial charge in [0.15, 0.2) is 0 Å². The van der Waals surface area contributed by atoms with E-state index in [1.54, 1.807) is 26.0 Å². The number of ether oxygens (including phenoxy) is 2. The number of rotatable bonds is 6. The number of hydrogen-bond acceptors (Lipinski definition) is 3. The summed E-state index contributed by atoms with van der Waals surface area (Å²) >= 11 is 1.61. The van der Waals surface area contributed by atoms with Crippen LogP contribution in [-0.2, 0) is 0 Å². The van der Waals surface area contributed by atoms with Gasteiger partial charge in [0.05, 0.1) is 14.2 Å². The van der Waals surface area contributed by atoms with Crippen LogP contribution in [-0.4, -0.2) is 14.2 Å². The van der Waals surface area contributed by atoms with Gasteiger partial charge in [0.2, 0.25) is 0 Å². The van der Waals surface area contributed by atoms with Crippen molar-refractivity contribution in [1.29, 1.82) is 0 Å². The van der Waals surface area contributed by atoms with Crippen molar-refractivity contribution in [1.82, 2.24) is 0 Å². The summed E-state index contributed by atoms with van der Waals surface area (Å²) < 4.78 is 10.6. The van der Waals surface area contributed by atoms with Crippen LogP contribution in [0.3, 0.4) is 0 Å². The van der Waals surface area contributed by atoms with E-state index < -0.39 is 0 Å². The standard InChI is InChI=1S/C18H18O2S/c1-19-17-9-5-3-7-15(17)11-13-21-14-12-16-8-4-6-10-18(16)20-2/h3-14H,1-2H3/b13-11-,14-12-. The van der Waals surface area contributed by atoms with Crippen molar-refractivity contribution in [2.75, 3.05) is 14.2 Å². The van der Waals surface area contributed by atoms with Crippen LogP contribution >= 0.6 is 11.8 Å². The maximum Gasteiger partial charge on any atom is 0.126 e. The molecule has 2 nitrogen and oxygen atoms in total. The maximum absolute atomic E-state index is 5.31. The number of methoxy groups -OCH3 is 2. The molecule has 0 unspecified atom stereocenters. The first-order valence-corrected chi connectivity index (χ1v) is 7.54. The molecule has 0 bridgehead atoms. The fraction of sp³-hybridized carbons (Fsp3) is 0.111. The van der Waals surface area contributed by atoms with E-state index in [9.17, 15) is 0 Å². The molecule has 0 N–H and O–H groups in total. The summed E-state index contributed by atoms with van der Waals surface area (Å²) in [6.07, 6.45) is 4.08. The molecule has 3 heteroatoms. The zero-order chi connectivity index (χ0) is 14.9. The van der Waals surface area contributed by atoms with E-state index in [2.05, 4.69) is 0 Å². The molecule has 2 rings (SSSR count). The molecular weight excluding hydrogens is 280 g/mol. The third-order valence-electron chi connectivity index (χ3n) is 2.93. The van der Waals surface area contributed by atoms with Crippen LogP contribution in [0.4, 0.5) is 0 Å². The minimum atomic E-state index is 0.878. The number of hydrogen-bond donors (Lipinski definition) is 0. The van der Waals surface area contributed by atoms with E-state index >= 15 is 0 Å². The second kappa shape index (κ2) is 8.22. The SMILES string of the molecule is COc1ccccc1/C=C\S/C=C\c1ccccc1OC. The smallest absolute Gasteiger partial charge is 0.126 e. The van der Waals surface area contributed by atoms with Gasteiger partial charge < -0.3 is 9.47 Å². The topological polar surface area (TPSA) is 18.5 Å². The molecule has 0 saturated carbocycles. The molecule has 0 amide bonds. The van der Waals surface area contributed by atoms with E-state index in [0.29, 0.717) is 0 Å². The highest BCUT2D eigenvalue weighted by molar-refractivity contribution is 8.05. The normalized spacial score (nSPS) is 11.1. The quantitative estimate of drug-likeness (QED) is 0.741. The highest BCUT2D eigenvalue weighted by Gasteiger charge is 1.97. The summed E-state index contributed by atoms with van der Waals surface area (Å²) in [4.78, 5) is 0. The van der Waals surface area contributed by atoms with Crippen LogP contribution in [0.2, 0.25) is 0 Å². The summed E-state index contributed by atoms with van der Waals surface area (Å²) in [6.45, 7) is 0. The van der Waals surface area contributed by atoms with Gasteiger partial charge in [-0.1, -0.05) is 36.4 Å². The van der Waals surface area contributed by atoms with E-state index in [-0.39, 0.29) is 0 Å². The largest absolute Gasteiger partial charge is 0.496 e. The molecule has 0 aliphatic carbocycles. The molecule has 108 valence electrons. The summed E-state index contributed by atoms with van der Waals surface area (Å²) in [5.74, 6) is 1.76. The van der Waals surface area contributed by atoms with Gasteiger partial charge in [-0.25, -0.2) is 0 Å². The van der Waals surface area contributed by atoms with Gasteiger partial charge >= 0.3 is 0 Å². The van der Waals surface area contributed by atoms with Crippen molar-refractivity contribution in [3.05, 3.63) is 70.5 Å². The zero-order valence-corrected chi connectivity index (χ0v) is 13.0. The first kappa shape index (κ1) is 15.3. The Morgan fingerprint density at radius 1 is 0.714 bits per heavy atom. The van der Waals surface area contributed by atoms with Crippen LogP contribution < -0.4 is 9.47 Å². The van der Waals surface area contributed by atoms with Gasteiger partial charge in [0.1, 0.15) is 11.5 Å². The predicted octanol–water partition coefficient (Wildman–Crippen LogP) is 5.08. The molecule has 0 heterocycles. The second-order valence-corrected chi connectivity index (χ2v) is 5.04. The first-order chi connectivity index (χ1) is 10.3. The van der Waals surface area contributed by atoms with Crippen LogP contribution in [0.15, 0.2) is 59.3 Å². The molecule has 0 aliphatic rings. The Morgan fingerprint density at radius 3 is 1.57 bits per heavy atom. The third kappa shape index (κ3) is 4.43. The lowest BCUT2D eigenvalue weighted by Gasteiger charge is -2.03. The Labute approximate surface area is 130 Å². The van der Waals surface area contributed by atoms with Crippen LogP contribution in [0.5, 0.6) is 11.5 Å². The fourth-order valence-electron chi connectivity index (χ4n) is 1.88. The van der Waals surface area contributed by atoms with E-state index in [1.807, 2.05) is 71.5 Å². The lowest BCUT2D eigenvalue weighted by Crippen LogP contribution is -1.85. The molecule has 0 saturated heterocycles. The summed E-state index contributed by atoms with van der Waals surface area (Å²) in [6, 6.07) is 15.9. The van der Waals surface area contributed by atoms with Gasteiger partial charge in [-0.15, -0.1) is 11.8 Å². The van der Waals surface area contributed by atoms with E-state index in [0.717, 1.165) is 22.6 Å². The molecule has 2 aromatic rings. The minimum absolute atomic E-state index is 0.878. The molecule has 2 aromatic carbocycles. The fourth-order valence-corrected chi connectivity index (χ4v) is 2.42. The molecule has 0 aromatic heterocycles. The van der Waals surface area contributed by atoms with E-state index in [4.69, 9.17) is 9.47 Å². The molecule has 0 atom stereocenters. The first-order valence-electron chi connectivity index (χ1n) is 6.59. The Morgan fingerprint density at radius 2 is 1.14 bits per heavy atom. The second-order valence-electron chi connectivity index (χ2n) is 4.23. The van der Waals surface area contributed by atoms with Crippen LogP contribution in [0.1, 0.15) is 11.1 Å². The monoisotopic (exact) mass is 298 g/mol. The molecule has 0 spiro atoms. The number of benzene rings is 2. The Bertz CT molecular complexity index is 577. The number of thioether (sulfide) groups is 1. The van der Waals surface area contributed by atoms with E-state index in [1.165, 1.54) is 0 Å². The van der Waals surface area contributed by atoms with Gasteiger partial charge in [-0.3, -0.25) is 0 Å². The summed E-state index contributed by atoms with van der Waals surface area (Å²) in [5.41, 5.74) is 2.14. The predicted molar refractivity (Wildman–Crippen MR) is 91.6 cm³/mol. The van der Waals surface area contributed by atoms with Gasteiger partial charge in [-0.05, 0) is 35.1 Å². The van der Waals surface area contributed by atoms with Crippen LogP contribution in [0, 0.1) is 0 Å². The maximum atomic E-state index is 5.31. The molecule has 0 aliphatic heterocycles. The summed E-state index contributed by atoms with van der Waals surface area (Å²) in [7, 11) is 3.36. The van der Waals surface area contributed by atoms with Crippen molar-refractivity contribution >= 4 is 23.9 Å². The minimum Gasteiger partial charge on any atom is -0.496 e. The van der Waals surface area contributed by atoms with Crippen LogP contribution in [0.25, 0.3) is 12.2 Å². The Kier molecular flexibility index (Phi) is 5.98. The average Bonchev–Trinajstić information content (AvgIpc) is 2.55. The van der Waals surface area contributed by atoms with Crippen molar-refractivity contribution in [3.8, 4) is 11.5 Å². The van der Waals surface area contributed by atoms with Crippen molar-refractivity contribution in [2.45, 2.75) is 0 Å². The number of para-hydroxylation sites is 2. The Hall–Kier alpha value is -2.13. The molecule has 0 radical (unpaired) electrons. The summed E-state index contributed by atoms with van der Waals surface area (Å²) in [5, 5.41) is 4.06. The average molecular weight is 298 g/mol. The van der Waals surface area contributed by atoms with Gasteiger partial charge in [0, 0.05) is 11.1 Å². The lowest BCUT2D eigenvalue weighted by atomic mass is 10.2. The third-order valence-corrected chi connectivity index (χ3v) is 3.52. The lowest BCUT2D eigenvalue weighted by molar-refractivity contribution is 0.414. The van der Waals surface area contributed by atoms with Crippen molar-refractivity contribution < 1.29 is 9.47 Å². The zero-order valence-electron chi connectivity index (χ0n) is 12.2.